The average Bonchev–Trinajstić information content (AvgIpc) is 4.06. The fourth-order valence-corrected chi connectivity index (χ4v) is 9.33. The van der Waals surface area contributed by atoms with E-state index in [0.29, 0.717) is 67.2 Å². The Kier molecular flexibility index (Phi) is 14.8. The van der Waals surface area contributed by atoms with E-state index in [-0.39, 0.29) is 68.4 Å². The van der Waals surface area contributed by atoms with E-state index in [0.717, 1.165) is 27.3 Å². The van der Waals surface area contributed by atoms with Crippen molar-refractivity contribution in [2.24, 2.45) is 5.41 Å². The van der Waals surface area contributed by atoms with E-state index in [1.54, 1.807) is 34.0 Å². The molecule has 2 aromatic heterocycles. The summed E-state index contributed by atoms with van der Waals surface area (Å²) in [5, 5.41) is 22.0. The first-order chi connectivity index (χ1) is 31.4. The lowest BCUT2D eigenvalue weighted by Gasteiger charge is -2.35. The zero-order valence-corrected chi connectivity index (χ0v) is 38.8. The van der Waals surface area contributed by atoms with Gasteiger partial charge in [-0.15, -0.1) is 11.3 Å². The average molecular weight is 924 g/mol. The van der Waals surface area contributed by atoms with Gasteiger partial charge in [-0.25, -0.2) is 9.37 Å². The van der Waals surface area contributed by atoms with E-state index in [1.807, 2.05) is 63.8 Å². The molecule has 0 spiro atoms. The van der Waals surface area contributed by atoms with Crippen molar-refractivity contribution in [3.05, 3.63) is 88.1 Å². The molecule has 5 heterocycles. The highest BCUT2D eigenvalue weighted by molar-refractivity contribution is 7.13. The molecule has 6 amide bonds. The topological polar surface area (TPSA) is 209 Å². The Bertz CT molecular complexity index is 2500. The van der Waals surface area contributed by atoms with Crippen LogP contribution in [0.3, 0.4) is 0 Å². The lowest BCUT2D eigenvalue weighted by atomic mass is 9.85. The van der Waals surface area contributed by atoms with Crippen molar-refractivity contribution in [2.45, 2.75) is 91.5 Å². The van der Waals surface area contributed by atoms with Gasteiger partial charge in [0.1, 0.15) is 17.9 Å². The third-order valence-electron chi connectivity index (χ3n) is 12.4. The van der Waals surface area contributed by atoms with Gasteiger partial charge in [0.2, 0.25) is 29.5 Å². The fraction of sp³-hybridized carbons (Fsp3) is 0.438. The molecule has 66 heavy (non-hydrogen) atoms. The standard InChI is InChI=1S/C48H58FN9O7S/c1-28-37(22-35-34-20-32(49)14-15-36(34)54-45(35)63)50-24-38(28)53-41(61)26-56-16-18-57(19-17-56)42(62)9-7-6-8-40(60)55-44(48(3,4)5)47(65)58-25-33(59)21-39(58)46(64)51-23-30-10-12-31(13-11-30)43-29(2)52-27-66-43/h10-15,20,22,24,27,33,39,44,50,59H,6-9,16-19,21,23,25-26H2,1-5H3,(H,51,64)(H,53,61)(H,54,63)(H,55,60)/b35-22-/t33-,39+,44-/m1/s1. The summed E-state index contributed by atoms with van der Waals surface area (Å²) in [6.45, 7) is 11.6. The van der Waals surface area contributed by atoms with Gasteiger partial charge in [0.15, 0.2) is 0 Å². The minimum atomic E-state index is -0.950. The lowest BCUT2D eigenvalue weighted by molar-refractivity contribution is -0.144. The highest BCUT2D eigenvalue weighted by atomic mass is 32.1. The van der Waals surface area contributed by atoms with Crippen molar-refractivity contribution < 1.29 is 38.3 Å². The fourth-order valence-electron chi connectivity index (χ4n) is 8.52. The maximum absolute atomic E-state index is 14.0. The Balaban J connectivity index is 0.817. The number of rotatable bonds is 15. The number of aryl methyl sites for hydroxylation is 1. The number of likely N-dealkylation sites (tertiary alicyclic amines) is 1. The summed E-state index contributed by atoms with van der Waals surface area (Å²) < 4.78 is 13.9. The third-order valence-corrected chi connectivity index (χ3v) is 13.3. The highest BCUT2D eigenvalue weighted by Gasteiger charge is 2.44. The van der Waals surface area contributed by atoms with E-state index >= 15 is 0 Å². The van der Waals surface area contributed by atoms with E-state index in [4.69, 9.17) is 0 Å². The number of fused-ring (bicyclic) bond motifs is 1. The number of β-amino-alcohol motifs (C(OH)–C–C–N with tert-alkyl or cyclic N) is 1. The zero-order valence-electron chi connectivity index (χ0n) is 38.0. The summed E-state index contributed by atoms with van der Waals surface area (Å²) in [7, 11) is 0. The molecule has 3 aliphatic heterocycles. The second kappa shape index (κ2) is 20.5. The van der Waals surface area contributed by atoms with Crippen LogP contribution in [-0.4, -0.2) is 123 Å². The number of halogens is 1. The second-order valence-corrected chi connectivity index (χ2v) is 19.2. The smallest absolute Gasteiger partial charge is 0.256 e. The molecule has 0 saturated carbocycles. The number of H-pyrrole nitrogens is 1. The van der Waals surface area contributed by atoms with E-state index < -0.39 is 35.3 Å². The van der Waals surface area contributed by atoms with Crippen LogP contribution in [0, 0.1) is 25.1 Å². The number of nitrogens with zero attached hydrogens (tertiary/aromatic N) is 4. The van der Waals surface area contributed by atoms with Crippen LogP contribution in [0.4, 0.5) is 15.8 Å². The first-order valence-electron chi connectivity index (χ1n) is 22.3. The summed E-state index contributed by atoms with van der Waals surface area (Å²) in [6.07, 6.45) is 3.74. The summed E-state index contributed by atoms with van der Waals surface area (Å²) in [5.74, 6) is -2.21. The molecule has 16 nitrogen and oxygen atoms in total. The van der Waals surface area contributed by atoms with Gasteiger partial charge in [0.05, 0.1) is 40.0 Å². The molecule has 350 valence electrons. The van der Waals surface area contributed by atoms with Crippen molar-refractivity contribution in [1.82, 2.24) is 35.3 Å². The Morgan fingerprint density at radius 1 is 1.00 bits per heavy atom. The third kappa shape index (κ3) is 11.4. The molecule has 6 N–H and O–H groups in total. The molecule has 2 aromatic carbocycles. The Hall–Kier alpha value is -6.24. The largest absolute Gasteiger partial charge is 0.391 e. The SMILES string of the molecule is Cc1ncsc1-c1ccc(CNC(=O)[C@@H]2C[C@@H](O)CN2C(=O)[C@@H](NC(=O)CCCCC(=O)N2CCN(CC(=O)Nc3c[nH]c(/C=C4\C(=O)Nc5ccc(F)cc54)c3C)CC2)C(C)(C)C)cc1. The van der Waals surface area contributed by atoms with Crippen molar-refractivity contribution in [2.75, 3.05) is 49.9 Å². The minimum Gasteiger partial charge on any atom is -0.391 e. The molecular weight excluding hydrogens is 866 g/mol. The number of piperazine rings is 1. The van der Waals surface area contributed by atoms with Gasteiger partial charge in [-0.2, -0.15) is 0 Å². The number of carbonyl (C=O) groups excluding carboxylic acids is 6. The van der Waals surface area contributed by atoms with Gasteiger partial charge in [0, 0.05) is 81.7 Å². The first-order valence-corrected chi connectivity index (χ1v) is 23.2. The number of hydrogen-bond acceptors (Lipinski definition) is 10. The Morgan fingerprint density at radius 2 is 1.73 bits per heavy atom. The van der Waals surface area contributed by atoms with Gasteiger partial charge >= 0.3 is 0 Å². The molecule has 2 saturated heterocycles. The van der Waals surface area contributed by atoms with E-state index in [1.165, 1.54) is 23.1 Å². The van der Waals surface area contributed by atoms with Crippen LogP contribution in [0.25, 0.3) is 22.1 Å². The summed E-state index contributed by atoms with van der Waals surface area (Å²) >= 11 is 1.56. The summed E-state index contributed by atoms with van der Waals surface area (Å²) in [4.78, 5) is 93.0. The number of hydrogen-bond donors (Lipinski definition) is 6. The molecule has 18 heteroatoms. The normalized spacial score (nSPS) is 18.5. The van der Waals surface area contributed by atoms with Crippen LogP contribution < -0.4 is 21.3 Å². The predicted molar refractivity (Wildman–Crippen MR) is 250 cm³/mol. The van der Waals surface area contributed by atoms with Crippen molar-refractivity contribution >= 4 is 69.8 Å². The number of aromatic amines is 1. The van der Waals surface area contributed by atoms with Crippen LogP contribution in [0.15, 0.2) is 54.2 Å². The van der Waals surface area contributed by atoms with Crippen LogP contribution >= 0.6 is 11.3 Å². The van der Waals surface area contributed by atoms with Crippen LogP contribution in [0.5, 0.6) is 0 Å². The molecular formula is C48H58FN9O7S. The minimum absolute atomic E-state index is 0.0241. The van der Waals surface area contributed by atoms with Gasteiger partial charge in [-0.3, -0.25) is 33.7 Å². The molecule has 7 rings (SSSR count). The number of nitrogens with one attached hydrogen (secondary N) is 5. The number of thiazole rings is 1. The van der Waals surface area contributed by atoms with Crippen molar-refractivity contribution in [3.63, 3.8) is 0 Å². The number of benzene rings is 2. The monoisotopic (exact) mass is 923 g/mol. The number of amides is 6. The van der Waals surface area contributed by atoms with Crippen LogP contribution in [0.2, 0.25) is 0 Å². The van der Waals surface area contributed by atoms with Gasteiger partial charge in [0.25, 0.3) is 5.91 Å². The van der Waals surface area contributed by atoms with Gasteiger partial charge in [-0.1, -0.05) is 45.0 Å². The Morgan fingerprint density at radius 3 is 2.42 bits per heavy atom. The van der Waals surface area contributed by atoms with Gasteiger partial charge < -0.3 is 41.2 Å². The molecule has 0 bridgehead atoms. The number of carbonyl (C=O) groups is 6. The molecule has 4 aromatic rings. The maximum Gasteiger partial charge on any atom is 0.256 e. The summed E-state index contributed by atoms with van der Waals surface area (Å²) in [5.41, 5.74) is 7.19. The summed E-state index contributed by atoms with van der Waals surface area (Å²) in [6, 6.07) is 10.1. The van der Waals surface area contributed by atoms with E-state index in [2.05, 4.69) is 31.2 Å². The van der Waals surface area contributed by atoms with Gasteiger partial charge in [-0.05, 0) is 73.1 Å². The van der Waals surface area contributed by atoms with E-state index in [9.17, 15) is 38.3 Å². The number of unbranched alkanes of at least 4 members (excludes halogenated alkanes) is 1. The maximum atomic E-state index is 14.0. The molecule has 2 fully saturated rings. The predicted octanol–water partition coefficient (Wildman–Crippen LogP) is 4.84. The molecule has 0 aliphatic carbocycles. The highest BCUT2D eigenvalue weighted by Crippen LogP contribution is 2.35. The molecule has 3 aliphatic rings. The number of aliphatic hydroxyl groups excluding tert-OH is 1. The second-order valence-electron chi connectivity index (χ2n) is 18.3. The van der Waals surface area contributed by atoms with Crippen LogP contribution in [-0.2, 0) is 35.3 Å². The number of aromatic nitrogens is 2. The lowest BCUT2D eigenvalue weighted by Crippen LogP contribution is -2.57. The number of anilines is 2. The quantitative estimate of drug-likeness (QED) is 0.0712. The van der Waals surface area contributed by atoms with Crippen molar-refractivity contribution in [1.29, 1.82) is 0 Å². The van der Waals surface area contributed by atoms with Crippen molar-refractivity contribution in [3.8, 4) is 10.4 Å². The Labute approximate surface area is 387 Å². The molecule has 3 atom stereocenters. The van der Waals surface area contributed by atoms with Crippen LogP contribution in [0.1, 0.15) is 81.0 Å². The molecule has 0 unspecified atom stereocenters. The molecule has 0 radical (unpaired) electrons. The first kappa shape index (κ1) is 47.7. The number of aliphatic hydroxyl groups is 1. The zero-order chi connectivity index (χ0) is 47.3.